The fourth-order valence-electron chi connectivity index (χ4n) is 3.79. The van der Waals surface area contributed by atoms with E-state index < -0.39 is 17.6 Å². The van der Waals surface area contributed by atoms with Crippen LogP contribution in [0.5, 0.6) is 0 Å². The summed E-state index contributed by atoms with van der Waals surface area (Å²) in [5.41, 5.74) is 5.13. The Labute approximate surface area is 172 Å². The van der Waals surface area contributed by atoms with Crippen LogP contribution in [0.25, 0.3) is 0 Å². The maximum Gasteiger partial charge on any atom is 0.416 e. The van der Waals surface area contributed by atoms with Crippen LogP contribution in [0.2, 0.25) is 0 Å². The smallest absolute Gasteiger partial charge is 0.364 e. The first-order valence-electron chi connectivity index (χ1n) is 9.59. The van der Waals surface area contributed by atoms with E-state index in [0.717, 1.165) is 10.7 Å². The first-order valence-corrected chi connectivity index (χ1v) is 9.59. The molecule has 7 nitrogen and oxygen atoms in total. The fraction of sp³-hybridized carbons (Fsp3) is 0.450. The number of carbonyl (C=O) groups is 2. The van der Waals surface area contributed by atoms with Crippen molar-refractivity contribution in [2.45, 2.75) is 44.6 Å². The molecule has 1 aliphatic heterocycles. The molecule has 2 amide bonds. The lowest BCUT2D eigenvalue weighted by Crippen LogP contribution is -2.51. The Hall–Kier alpha value is -2.88. The maximum absolute atomic E-state index is 12.9. The normalized spacial score (nSPS) is 19.9. The Kier molecular flexibility index (Phi) is 6.16. The molecule has 0 spiro atoms. The molecule has 0 saturated carbocycles. The monoisotopic (exact) mass is 423 g/mol. The van der Waals surface area contributed by atoms with Gasteiger partial charge in [-0.15, -0.1) is 0 Å². The largest absolute Gasteiger partial charge is 0.416 e. The van der Waals surface area contributed by atoms with Gasteiger partial charge in [0.1, 0.15) is 0 Å². The number of nitrogens with zero attached hydrogens (tertiary/aromatic N) is 4. The molecule has 2 N–H and O–H groups in total. The third kappa shape index (κ3) is 4.81. The van der Waals surface area contributed by atoms with Crippen LogP contribution in [0.4, 0.5) is 18.0 Å². The molecule has 0 unspecified atom stereocenters. The summed E-state index contributed by atoms with van der Waals surface area (Å²) < 4.78 is 39.9. The van der Waals surface area contributed by atoms with Crippen molar-refractivity contribution in [3.05, 3.63) is 53.3 Å². The standard InChI is InChI=1S/C20H24F3N5O2/c1-13-10-16(26(2)12-14-4-3-5-15(11-14)20(21,22)23)6-8-27(13)19(30)28-9-7-17(25-28)18(24)29/h3-5,7,9,11,13,16H,6,8,10,12H2,1-2H3,(H2,24,29)/t13-,16+/m1/s1. The number of benzene rings is 1. The van der Waals surface area contributed by atoms with E-state index in [2.05, 4.69) is 5.10 Å². The Morgan fingerprint density at radius 3 is 2.63 bits per heavy atom. The van der Waals surface area contributed by atoms with E-state index in [0.29, 0.717) is 31.5 Å². The van der Waals surface area contributed by atoms with Crippen molar-refractivity contribution < 1.29 is 22.8 Å². The summed E-state index contributed by atoms with van der Waals surface area (Å²) in [5, 5.41) is 3.91. The summed E-state index contributed by atoms with van der Waals surface area (Å²) in [4.78, 5) is 27.6. The number of nitrogens with two attached hydrogens (primary N) is 1. The van der Waals surface area contributed by atoms with Gasteiger partial charge < -0.3 is 10.6 Å². The SMILES string of the molecule is C[C@@H]1C[C@@H](N(C)Cc2cccc(C(F)(F)F)c2)CCN1C(=O)n1ccc(C(N)=O)n1. The van der Waals surface area contributed by atoms with Crippen LogP contribution in [0.3, 0.4) is 0 Å². The number of aromatic nitrogens is 2. The van der Waals surface area contributed by atoms with Crippen molar-refractivity contribution in [2.75, 3.05) is 13.6 Å². The molecule has 0 bridgehead atoms. The van der Waals surface area contributed by atoms with Crippen LogP contribution in [0.1, 0.15) is 41.4 Å². The molecule has 162 valence electrons. The van der Waals surface area contributed by atoms with E-state index in [-0.39, 0.29) is 23.8 Å². The Balaban J connectivity index is 1.62. The molecule has 2 aromatic rings. The van der Waals surface area contributed by atoms with Crippen molar-refractivity contribution in [1.29, 1.82) is 0 Å². The molecule has 0 aliphatic carbocycles. The van der Waals surface area contributed by atoms with E-state index in [1.165, 1.54) is 24.4 Å². The second-order valence-corrected chi connectivity index (χ2v) is 7.63. The summed E-state index contributed by atoms with van der Waals surface area (Å²) in [6.45, 7) is 2.78. The first-order chi connectivity index (χ1) is 14.1. The number of primary amides is 1. The molecular weight excluding hydrogens is 399 g/mol. The zero-order valence-corrected chi connectivity index (χ0v) is 16.8. The lowest BCUT2D eigenvalue weighted by Gasteiger charge is -2.40. The van der Waals surface area contributed by atoms with Crippen LogP contribution in [-0.4, -0.2) is 57.2 Å². The third-order valence-electron chi connectivity index (χ3n) is 5.44. The summed E-state index contributed by atoms with van der Waals surface area (Å²) in [6, 6.07) is 6.41. The molecule has 1 aromatic heterocycles. The minimum atomic E-state index is -4.37. The number of halogens is 3. The minimum Gasteiger partial charge on any atom is -0.364 e. The van der Waals surface area contributed by atoms with Crippen LogP contribution >= 0.6 is 0 Å². The van der Waals surface area contributed by atoms with E-state index >= 15 is 0 Å². The van der Waals surface area contributed by atoms with Gasteiger partial charge in [-0.05, 0) is 44.5 Å². The van der Waals surface area contributed by atoms with Crippen molar-refractivity contribution in [3.8, 4) is 0 Å². The van der Waals surface area contributed by atoms with E-state index in [1.807, 2.05) is 18.9 Å². The van der Waals surface area contributed by atoms with Crippen LogP contribution < -0.4 is 5.73 Å². The maximum atomic E-state index is 12.9. The Morgan fingerprint density at radius 2 is 2.03 bits per heavy atom. The second kappa shape index (κ2) is 8.47. The highest BCUT2D eigenvalue weighted by atomic mass is 19.4. The fourth-order valence-corrected chi connectivity index (χ4v) is 3.79. The number of hydrogen-bond acceptors (Lipinski definition) is 4. The van der Waals surface area contributed by atoms with Gasteiger partial charge in [0.2, 0.25) is 0 Å². The van der Waals surface area contributed by atoms with Crippen molar-refractivity contribution in [1.82, 2.24) is 19.6 Å². The first kappa shape index (κ1) is 21.8. The summed E-state index contributed by atoms with van der Waals surface area (Å²) in [6.07, 6.45) is -1.61. The summed E-state index contributed by atoms with van der Waals surface area (Å²) in [5.74, 6) is -0.704. The number of alkyl halides is 3. The molecule has 30 heavy (non-hydrogen) atoms. The van der Waals surface area contributed by atoms with Gasteiger partial charge in [-0.25, -0.2) is 4.79 Å². The van der Waals surface area contributed by atoms with Crippen LogP contribution in [0.15, 0.2) is 36.5 Å². The van der Waals surface area contributed by atoms with E-state index in [4.69, 9.17) is 5.73 Å². The second-order valence-electron chi connectivity index (χ2n) is 7.63. The highest BCUT2D eigenvalue weighted by Crippen LogP contribution is 2.30. The average Bonchev–Trinajstić information content (AvgIpc) is 3.17. The molecular formula is C20H24F3N5O2. The minimum absolute atomic E-state index is 0.0201. The third-order valence-corrected chi connectivity index (χ3v) is 5.44. The lowest BCUT2D eigenvalue weighted by molar-refractivity contribution is -0.137. The molecule has 3 rings (SSSR count). The van der Waals surface area contributed by atoms with Crippen molar-refractivity contribution in [3.63, 3.8) is 0 Å². The zero-order chi connectivity index (χ0) is 22.1. The van der Waals surface area contributed by atoms with Gasteiger partial charge in [-0.2, -0.15) is 23.0 Å². The number of amides is 2. The molecule has 2 atom stereocenters. The van der Waals surface area contributed by atoms with Gasteiger partial charge in [0.25, 0.3) is 5.91 Å². The zero-order valence-electron chi connectivity index (χ0n) is 16.8. The van der Waals surface area contributed by atoms with E-state index in [1.54, 1.807) is 11.0 Å². The Bertz CT molecular complexity index is 927. The summed E-state index contributed by atoms with van der Waals surface area (Å²) in [7, 11) is 1.88. The summed E-state index contributed by atoms with van der Waals surface area (Å²) >= 11 is 0. The van der Waals surface area contributed by atoms with Gasteiger partial charge in [0.05, 0.1) is 5.56 Å². The molecule has 0 radical (unpaired) electrons. The van der Waals surface area contributed by atoms with Gasteiger partial charge in [0.15, 0.2) is 5.69 Å². The molecule has 1 fully saturated rings. The van der Waals surface area contributed by atoms with Gasteiger partial charge >= 0.3 is 12.2 Å². The quantitative estimate of drug-likeness (QED) is 0.820. The number of hydrogen-bond donors (Lipinski definition) is 1. The predicted octanol–water partition coefficient (Wildman–Crippen LogP) is 2.95. The lowest BCUT2D eigenvalue weighted by atomic mass is 9.97. The number of likely N-dealkylation sites (tertiary alicyclic amines) is 1. The van der Waals surface area contributed by atoms with Gasteiger partial charge in [0, 0.05) is 31.4 Å². The van der Waals surface area contributed by atoms with Crippen LogP contribution in [-0.2, 0) is 12.7 Å². The number of carbonyl (C=O) groups excluding carboxylic acids is 2. The molecule has 1 saturated heterocycles. The average molecular weight is 423 g/mol. The van der Waals surface area contributed by atoms with Crippen LogP contribution in [0, 0.1) is 0 Å². The highest BCUT2D eigenvalue weighted by molar-refractivity contribution is 5.91. The molecule has 1 aliphatic rings. The van der Waals surface area contributed by atoms with Gasteiger partial charge in [-0.3, -0.25) is 9.69 Å². The predicted molar refractivity (Wildman–Crippen MR) is 104 cm³/mol. The highest BCUT2D eigenvalue weighted by Gasteiger charge is 2.33. The molecule has 10 heteroatoms. The number of piperidine rings is 1. The number of rotatable bonds is 4. The Morgan fingerprint density at radius 1 is 1.30 bits per heavy atom. The topological polar surface area (TPSA) is 84.5 Å². The van der Waals surface area contributed by atoms with Crippen molar-refractivity contribution in [2.24, 2.45) is 5.73 Å². The van der Waals surface area contributed by atoms with Crippen molar-refractivity contribution >= 4 is 11.9 Å². The van der Waals surface area contributed by atoms with E-state index in [9.17, 15) is 22.8 Å². The molecule has 2 heterocycles. The van der Waals surface area contributed by atoms with Gasteiger partial charge in [-0.1, -0.05) is 18.2 Å². The molecule has 1 aromatic carbocycles.